The zero-order valence-electron chi connectivity index (χ0n) is 8.44. The van der Waals surface area contributed by atoms with Crippen LogP contribution in [0.5, 0.6) is 0 Å². The minimum absolute atomic E-state index is 0.0938. The third-order valence-corrected chi connectivity index (χ3v) is 3.00. The number of ether oxygens (including phenoxy) is 1. The van der Waals surface area contributed by atoms with Crippen LogP contribution < -0.4 is 4.90 Å². The van der Waals surface area contributed by atoms with Gasteiger partial charge in [-0.15, -0.1) is 0 Å². The molecule has 3 nitrogen and oxygen atoms in total. The molecule has 1 fully saturated rings. The Labute approximate surface area is 97.2 Å². The second kappa shape index (κ2) is 4.23. The van der Waals surface area contributed by atoms with Crippen LogP contribution in [0.25, 0.3) is 0 Å². The summed E-state index contributed by atoms with van der Waals surface area (Å²) >= 11 is 3.46. The maximum Gasteiger partial charge on any atom is 0.330 e. The Morgan fingerprint density at radius 3 is 3.00 bits per heavy atom. The van der Waals surface area contributed by atoms with E-state index in [1.54, 1.807) is 0 Å². The number of carbonyl (C=O) groups excluding carboxylic acids is 1. The fourth-order valence-electron chi connectivity index (χ4n) is 1.53. The average Bonchev–Trinajstić information content (AvgIpc) is 2.98. The number of hydrogen-bond acceptors (Lipinski definition) is 3. The molecule has 2 rings (SSSR count). The minimum atomic E-state index is -0.131. The Morgan fingerprint density at radius 1 is 1.60 bits per heavy atom. The first-order valence-corrected chi connectivity index (χ1v) is 5.71. The first-order valence-electron chi connectivity index (χ1n) is 4.92. The summed E-state index contributed by atoms with van der Waals surface area (Å²) in [6.45, 7) is 3.02. The van der Waals surface area contributed by atoms with Crippen LogP contribution >= 0.6 is 15.9 Å². The molecule has 1 atom stereocenters. The fourth-order valence-corrected chi connectivity index (χ4v) is 2.04. The molecule has 80 valence electrons. The lowest BCUT2D eigenvalue weighted by Gasteiger charge is -2.07. The van der Waals surface area contributed by atoms with Crippen LogP contribution in [0.4, 0.5) is 5.69 Å². The molecule has 0 saturated carbocycles. The molecule has 1 unspecified atom stereocenters. The monoisotopic (exact) mass is 269 g/mol. The molecule has 4 heteroatoms. The molecule has 0 spiro atoms. The first-order chi connectivity index (χ1) is 7.24. The molecule has 1 saturated heterocycles. The van der Waals surface area contributed by atoms with Crippen LogP contribution in [0, 0.1) is 0 Å². The topological polar surface area (TPSA) is 29.3 Å². The van der Waals surface area contributed by atoms with E-state index in [1.165, 1.54) is 0 Å². The lowest BCUT2D eigenvalue weighted by atomic mass is 10.3. The van der Waals surface area contributed by atoms with E-state index in [0.717, 1.165) is 16.7 Å². The predicted molar refractivity (Wildman–Crippen MR) is 61.9 cm³/mol. The zero-order chi connectivity index (χ0) is 10.8. The van der Waals surface area contributed by atoms with Crippen molar-refractivity contribution in [3.05, 3.63) is 28.7 Å². The molecular formula is C11H12BrNO2. The van der Waals surface area contributed by atoms with Gasteiger partial charge in [0.25, 0.3) is 0 Å². The van der Waals surface area contributed by atoms with Gasteiger partial charge in [0.15, 0.2) is 0 Å². The molecule has 1 heterocycles. The lowest BCUT2D eigenvalue weighted by Crippen LogP contribution is -2.15. The van der Waals surface area contributed by atoms with Gasteiger partial charge in [-0.1, -0.05) is 12.1 Å². The molecule has 0 amide bonds. The summed E-state index contributed by atoms with van der Waals surface area (Å²) in [6.07, 6.45) is 0. The Morgan fingerprint density at radius 2 is 2.33 bits per heavy atom. The predicted octanol–water partition coefficient (Wildman–Crippen LogP) is 2.20. The third kappa shape index (κ3) is 2.15. The van der Waals surface area contributed by atoms with Gasteiger partial charge in [0.1, 0.15) is 6.04 Å². The van der Waals surface area contributed by atoms with Gasteiger partial charge in [-0.25, -0.2) is 4.79 Å². The maximum atomic E-state index is 11.4. The van der Waals surface area contributed by atoms with E-state index in [4.69, 9.17) is 4.74 Å². The summed E-state index contributed by atoms with van der Waals surface area (Å²) in [4.78, 5) is 13.4. The van der Waals surface area contributed by atoms with E-state index in [0.29, 0.717) is 6.61 Å². The van der Waals surface area contributed by atoms with Gasteiger partial charge >= 0.3 is 5.97 Å². The number of halogens is 1. The van der Waals surface area contributed by atoms with Gasteiger partial charge in [-0.2, -0.15) is 0 Å². The SMILES string of the molecule is CCOC(=O)C1CN1c1ccccc1Br. The number of carbonyl (C=O) groups is 1. The second-order valence-electron chi connectivity index (χ2n) is 3.37. The summed E-state index contributed by atoms with van der Waals surface area (Å²) in [5.74, 6) is -0.131. The number of hydrogen-bond donors (Lipinski definition) is 0. The number of esters is 1. The molecule has 1 aliphatic rings. The van der Waals surface area contributed by atoms with Gasteiger partial charge < -0.3 is 9.64 Å². The summed E-state index contributed by atoms with van der Waals surface area (Å²) in [6, 6.07) is 7.78. The quantitative estimate of drug-likeness (QED) is 0.623. The fraction of sp³-hybridized carbons (Fsp3) is 0.364. The van der Waals surface area contributed by atoms with Gasteiger partial charge in [0.2, 0.25) is 0 Å². The van der Waals surface area contributed by atoms with Crippen LogP contribution in [0.15, 0.2) is 28.7 Å². The highest BCUT2D eigenvalue weighted by atomic mass is 79.9. The van der Waals surface area contributed by atoms with Crippen molar-refractivity contribution in [2.45, 2.75) is 13.0 Å². The van der Waals surface area contributed by atoms with Crippen molar-refractivity contribution in [3.63, 3.8) is 0 Å². The van der Waals surface area contributed by atoms with Crippen molar-refractivity contribution in [1.29, 1.82) is 0 Å². The summed E-state index contributed by atoms with van der Waals surface area (Å²) in [5.41, 5.74) is 1.05. The lowest BCUT2D eigenvalue weighted by molar-refractivity contribution is -0.142. The van der Waals surface area contributed by atoms with Crippen LogP contribution in [0.1, 0.15) is 6.92 Å². The summed E-state index contributed by atoms with van der Waals surface area (Å²) in [7, 11) is 0. The first kappa shape index (κ1) is 10.5. The van der Waals surface area contributed by atoms with Crippen molar-refractivity contribution in [2.24, 2.45) is 0 Å². The molecule has 1 aliphatic heterocycles. The normalized spacial score (nSPS) is 18.8. The Hall–Kier alpha value is -1.03. The molecular weight excluding hydrogens is 258 g/mol. The van der Waals surface area contributed by atoms with E-state index in [1.807, 2.05) is 36.1 Å². The zero-order valence-corrected chi connectivity index (χ0v) is 10.0. The van der Waals surface area contributed by atoms with E-state index >= 15 is 0 Å². The largest absolute Gasteiger partial charge is 0.464 e. The number of rotatable bonds is 3. The van der Waals surface area contributed by atoms with E-state index in [-0.39, 0.29) is 12.0 Å². The Kier molecular flexibility index (Phi) is 2.95. The number of para-hydroxylation sites is 1. The molecule has 1 aromatic carbocycles. The third-order valence-electron chi connectivity index (χ3n) is 2.33. The van der Waals surface area contributed by atoms with Gasteiger partial charge in [0.05, 0.1) is 18.8 Å². The molecule has 0 aromatic heterocycles. The standard InChI is InChI=1S/C11H12BrNO2/c1-2-15-11(14)10-7-13(10)9-6-4-3-5-8(9)12/h3-6,10H,2,7H2,1H3. The van der Waals surface area contributed by atoms with Crippen molar-refractivity contribution >= 4 is 27.6 Å². The van der Waals surface area contributed by atoms with Crippen LogP contribution in [-0.2, 0) is 9.53 Å². The smallest absolute Gasteiger partial charge is 0.330 e. The van der Waals surface area contributed by atoms with Crippen molar-refractivity contribution in [2.75, 3.05) is 18.1 Å². The van der Waals surface area contributed by atoms with Crippen molar-refractivity contribution in [3.8, 4) is 0 Å². The van der Waals surface area contributed by atoms with E-state index in [9.17, 15) is 4.79 Å². The highest BCUT2D eigenvalue weighted by Gasteiger charge is 2.42. The van der Waals surface area contributed by atoms with Gasteiger partial charge in [0, 0.05) is 4.47 Å². The number of benzene rings is 1. The molecule has 0 bridgehead atoms. The minimum Gasteiger partial charge on any atom is -0.464 e. The summed E-state index contributed by atoms with van der Waals surface area (Å²) < 4.78 is 5.97. The van der Waals surface area contributed by atoms with Crippen molar-refractivity contribution in [1.82, 2.24) is 0 Å². The van der Waals surface area contributed by atoms with E-state index < -0.39 is 0 Å². The van der Waals surface area contributed by atoms with Crippen LogP contribution in [0.2, 0.25) is 0 Å². The van der Waals surface area contributed by atoms with Crippen LogP contribution in [0.3, 0.4) is 0 Å². The van der Waals surface area contributed by atoms with E-state index in [2.05, 4.69) is 15.9 Å². The maximum absolute atomic E-state index is 11.4. The molecule has 1 aromatic rings. The Balaban J connectivity index is 2.05. The van der Waals surface area contributed by atoms with Gasteiger partial charge in [-0.3, -0.25) is 0 Å². The highest BCUT2D eigenvalue weighted by Crippen LogP contribution is 2.34. The number of anilines is 1. The number of nitrogens with zero attached hydrogens (tertiary/aromatic N) is 1. The van der Waals surface area contributed by atoms with Crippen LogP contribution in [-0.4, -0.2) is 25.2 Å². The molecule has 15 heavy (non-hydrogen) atoms. The molecule has 0 radical (unpaired) electrons. The Bertz CT molecular complexity index is 381. The highest BCUT2D eigenvalue weighted by molar-refractivity contribution is 9.10. The molecule has 0 aliphatic carbocycles. The second-order valence-corrected chi connectivity index (χ2v) is 4.23. The molecule has 0 N–H and O–H groups in total. The van der Waals surface area contributed by atoms with Crippen molar-refractivity contribution < 1.29 is 9.53 Å². The van der Waals surface area contributed by atoms with Gasteiger partial charge in [-0.05, 0) is 35.0 Å². The summed E-state index contributed by atoms with van der Waals surface area (Å²) in [5, 5.41) is 0. The average molecular weight is 270 g/mol.